The average molecular weight is 248 g/mol. The van der Waals surface area contributed by atoms with Crippen LogP contribution >= 0.6 is 0 Å². The summed E-state index contributed by atoms with van der Waals surface area (Å²) < 4.78 is 5.46. The molecule has 2 aliphatic rings. The van der Waals surface area contributed by atoms with E-state index in [0.717, 1.165) is 41.7 Å². The Morgan fingerprint density at radius 2 is 2.39 bits per heavy atom. The van der Waals surface area contributed by atoms with Crippen molar-refractivity contribution in [2.45, 2.75) is 13.2 Å². The van der Waals surface area contributed by atoms with Gasteiger partial charge < -0.3 is 25.8 Å². The van der Waals surface area contributed by atoms with Crippen molar-refractivity contribution in [3.63, 3.8) is 0 Å². The lowest BCUT2D eigenvalue weighted by molar-refractivity contribution is 0.119. The zero-order valence-electron chi connectivity index (χ0n) is 10.2. The molecule has 0 saturated heterocycles. The van der Waals surface area contributed by atoms with Crippen LogP contribution in [0.3, 0.4) is 0 Å². The standard InChI is InChI=1S/C12H16N4O2/c1-7-8(15-12-13-4-5-14-12)2-3-9-11(7)16-10(17)6-18-9/h2-3,10,16-17H,4-6H2,1H3,(H2,13,14,15). The molecule has 4 N–H and O–H groups in total. The van der Waals surface area contributed by atoms with Gasteiger partial charge in [-0.1, -0.05) is 0 Å². The summed E-state index contributed by atoms with van der Waals surface area (Å²) in [5.41, 5.74) is 2.78. The molecular formula is C12H16N4O2. The van der Waals surface area contributed by atoms with E-state index in [1.54, 1.807) is 0 Å². The summed E-state index contributed by atoms with van der Waals surface area (Å²) in [4.78, 5) is 4.29. The lowest BCUT2D eigenvalue weighted by Crippen LogP contribution is -2.32. The number of hydrogen-bond acceptors (Lipinski definition) is 6. The van der Waals surface area contributed by atoms with Crippen LogP contribution in [0.15, 0.2) is 17.1 Å². The van der Waals surface area contributed by atoms with Gasteiger partial charge in [-0.2, -0.15) is 0 Å². The van der Waals surface area contributed by atoms with Crippen LogP contribution in [0.25, 0.3) is 0 Å². The van der Waals surface area contributed by atoms with Crippen LogP contribution < -0.4 is 20.7 Å². The SMILES string of the molecule is Cc1c(NC2=NCCN2)ccc2c1NC(O)CO2. The van der Waals surface area contributed by atoms with Crippen molar-refractivity contribution in [2.75, 3.05) is 30.3 Å². The summed E-state index contributed by atoms with van der Waals surface area (Å²) in [6.45, 7) is 3.91. The molecule has 0 spiro atoms. The van der Waals surface area contributed by atoms with Gasteiger partial charge in [-0.3, -0.25) is 4.99 Å². The first-order valence-electron chi connectivity index (χ1n) is 6.00. The number of hydrogen-bond donors (Lipinski definition) is 4. The van der Waals surface area contributed by atoms with E-state index in [-0.39, 0.29) is 6.61 Å². The number of benzene rings is 1. The molecular weight excluding hydrogens is 232 g/mol. The molecule has 1 aromatic carbocycles. The maximum Gasteiger partial charge on any atom is 0.195 e. The monoisotopic (exact) mass is 248 g/mol. The topological polar surface area (TPSA) is 77.9 Å². The summed E-state index contributed by atoms with van der Waals surface area (Å²) in [5.74, 6) is 1.56. The lowest BCUT2D eigenvalue weighted by Gasteiger charge is -2.26. The van der Waals surface area contributed by atoms with Gasteiger partial charge in [-0.05, 0) is 24.6 Å². The quantitative estimate of drug-likeness (QED) is 0.582. The van der Waals surface area contributed by atoms with Crippen molar-refractivity contribution in [3.8, 4) is 5.75 Å². The largest absolute Gasteiger partial charge is 0.487 e. The Labute approximate surface area is 105 Å². The minimum atomic E-state index is -0.659. The minimum absolute atomic E-state index is 0.271. The highest BCUT2D eigenvalue weighted by atomic mass is 16.5. The molecule has 6 heteroatoms. The second-order valence-electron chi connectivity index (χ2n) is 4.36. The van der Waals surface area contributed by atoms with Crippen molar-refractivity contribution in [1.29, 1.82) is 0 Å². The highest BCUT2D eigenvalue weighted by Gasteiger charge is 2.20. The van der Waals surface area contributed by atoms with Crippen LogP contribution in [0.4, 0.5) is 11.4 Å². The summed E-state index contributed by atoms with van der Waals surface area (Å²) in [6.07, 6.45) is -0.659. The Morgan fingerprint density at radius 1 is 1.50 bits per heavy atom. The Morgan fingerprint density at radius 3 is 3.17 bits per heavy atom. The number of aliphatic imine (C=N–C) groups is 1. The van der Waals surface area contributed by atoms with Crippen LogP contribution in [0, 0.1) is 6.92 Å². The molecule has 0 radical (unpaired) electrons. The predicted octanol–water partition coefficient (Wildman–Crippen LogP) is 0.489. The highest BCUT2D eigenvalue weighted by molar-refractivity contribution is 5.96. The molecule has 18 heavy (non-hydrogen) atoms. The van der Waals surface area contributed by atoms with Crippen LogP contribution in [-0.4, -0.2) is 37.0 Å². The molecule has 0 fully saturated rings. The number of anilines is 2. The van der Waals surface area contributed by atoms with Crippen LogP contribution in [-0.2, 0) is 0 Å². The summed E-state index contributed by atoms with van der Waals surface area (Å²) in [6, 6.07) is 3.84. The molecule has 2 heterocycles. The number of nitrogens with zero attached hydrogens (tertiary/aromatic N) is 1. The number of fused-ring (bicyclic) bond motifs is 1. The summed E-state index contributed by atoms with van der Waals surface area (Å²) in [5, 5.41) is 19.0. The van der Waals surface area contributed by atoms with Crippen molar-refractivity contribution < 1.29 is 9.84 Å². The van der Waals surface area contributed by atoms with E-state index in [4.69, 9.17) is 4.74 Å². The number of nitrogens with one attached hydrogen (secondary N) is 3. The first kappa shape index (κ1) is 11.2. The molecule has 6 nitrogen and oxygen atoms in total. The molecule has 0 aromatic heterocycles. The van der Waals surface area contributed by atoms with Gasteiger partial charge in [-0.15, -0.1) is 0 Å². The van der Waals surface area contributed by atoms with E-state index in [2.05, 4.69) is 20.9 Å². The zero-order valence-corrected chi connectivity index (χ0v) is 10.2. The molecule has 96 valence electrons. The normalized spacial score (nSPS) is 21.2. The van der Waals surface area contributed by atoms with Gasteiger partial charge in [0.1, 0.15) is 12.4 Å². The van der Waals surface area contributed by atoms with Gasteiger partial charge in [0.05, 0.1) is 12.2 Å². The Bertz CT molecular complexity index is 501. The van der Waals surface area contributed by atoms with Gasteiger partial charge >= 0.3 is 0 Å². The first-order chi connectivity index (χ1) is 8.74. The van der Waals surface area contributed by atoms with Gasteiger partial charge in [0.2, 0.25) is 0 Å². The number of ether oxygens (including phenoxy) is 1. The van der Waals surface area contributed by atoms with E-state index in [1.165, 1.54) is 0 Å². The van der Waals surface area contributed by atoms with Crippen LogP contribution in [0.2, 0.25) is 0 Å². The fourth-order valence-corrected chi connectivity index (χ4v) is 2.11. The fraction of sp³-hybridized carbons (Fsp3) is 0.417. The van der Waals surface area contributed by atoms with Gasteiger partial charge in [-0.25, -0.2) is 0 Å². The maximum atomic E-state index is 9.56. The first-order valence-corrected chi connectivity index (χ1v) is 6.00. The average Bonchev–Trinajstić information content (AvgIpc) is 2.86. The van der Waals surface area contributed by atoms with E-state index < -0.39 is 6.23 Å². The Kier molecular flexibility index (Phi) is 2.71. The zero-order chi connectivity index (χ0) is 12.5. The van der Waals surface area contributed by atoms with Crippen molar-refractivity contribution in [2.24, 2.45) is 4.99 Å². The molecule has 0 bridgehead atoms. The van der Waals surface area contributed by atoms with Crippen LogP contribution in [0.5, 0.6) is 5.75 Å². The molecule has 1 unspecified atom stereocenters. The summed E-state index contributed by atoms with van der Waals surface area (Å²) in [7, 11) is 0. The highest BCUT2D eigenvalue weighted by Crippen LogP contribution is 2.36. The fourth-order valence-electron chi connectivity index (χ4n) is 2.11. The van der Waals surface area contributed by atoms with Crippen molar-refractivity contribution >= 4 is 17.3 Å². The third kappa shape index (κ3) is 1.95. The molecule has 0 amide bonds. The van der Waals surface area contributed by atoms with Gasteiger partial charge in [0.15, 0.2) is 12.2 Å². The molecule has 0 aliphatic carbocycles. The van der Waals surface area contributed by atoms with Crippen molar-refractivity contribution in [3.05, 3.63) is 17.7 Å². The second kappa shape index (κ2) is 4.38. The number of rotatable bonds is 1. The Balaban J connectivity index is 1.89. The molecule has 3 rings (SSSR count). The van der Waals surface area contributed by atoms with Crippen molar-refractivity contribution in [1.82, 2.24) is 5.32 Å². The van der Waals surface area contributed by atoms with Crippen LogP contribution in [0.1, 0.15) is 5.56 Å². The predicted molar refractivity (Wildman–Crippen MR) is 70.2 cm³/mol. The third-order valence-corrected chi connectivity index (χ3v) is 3.06. The van der Waals surface area contributed by atoms with E-state index in [9.17, 15) is 5.11 Å². The van der Waals surface area contributed by atoms with Gasteiger partial charge in [0.25, 0.3) is 0 Å². The number of aliphatic hydroxyl groups is 1. The number of aliphatic hydroxyl groups excluding tert-OH is 1. The van der Waals surface area contributed by atoms with E-state index >= 15 is 0 Å². The maximum absolute atomic E-state index is 9.56. The van der Waals surface area contributed by atoms with Gasteiger partial charge in [0, 0.05) is 12.2 Å². The molecule has 1 aromatic rings. The molecule has 0 saturated carbocycles. The lowest BCUT2D eigenvalue weighted by atomic mass is 10.1. The third-order valence-electron chi connectivity index (χ3n) is 3.06. The van der Waals surface area contributed by atoms with E-state index in [1.807, 2.05) is 19.1 Å². The Hall–Kier alpha value is -1.95. The molecule has 2 aliphatic heterocycles. The minimum Gasteiger partial charge on any atom is -0.487 e. The van der Waals surface area contributed by atoms with E-state index in [0.29, 0.717) is 0 Å². The number of guanidine groups is 1. The smallest absolute Gasteiger partial charge is 0.195 e. The second-order valence-corrected chi connectivity index (χ2v) is 4.36. The summed E-state index contributed by atoms with van der Waals surface area (Å²) >= 11 is 0. The molecule has 1 atom stereocenters.